The highest BCUT2D eigenvalue weighted by Gasteiger charge is 2.22. The van der Waals surface area contributed by atoms with Crippen LogP contribution in [-0.4, -0.2) is 32.9 Å². The number of carbonyl (C=O) groups is 2. The molecule has 0 spiro atoms. The highest BCUT2D eigenvalue weighted by Crippen LogP contribution is 2.21. The van der Waals surface area contributed by atoms with Crippen LogP contribution in [0.3, 0.4) is 0 Å². The van der Waals surface area contributed by atoms with E-state index >= 15 is 0 Å². The van der Waals surface area contributed by atoms with E-state index in [4.69, 9.17) is 9.88 Å². The average molecular weight is 407 g/mol. The van der Waals surface area contributed by atoms with Crippen LogP contribution in [0.1, 0.15) is 31.1 Å². The first-order valence-electron chi connectivity index (χ1n) is 6.83. The van der Waals surface area contributed by atoms with Gasteiger partial charge in [-0.25, -0.2) is 18.4 Å². The van der Waals surface area contributed by atoms with Gasteiger partial charge in [-0.3, -0.25) is 4.79 Å². The first-order valence-corrected chi connectivity index (χ1v) is 9.17. The Morgan fingerprint density at radius 2 is 1.91 bits per heavy atom. The molecule has 0 radical (unpaired) electrons. The van der Waals surface area contributed by atoms with Gasteiger partial charge in [0, 0.05) is 11.0 Å². The molecule has 0 saturated carbocycles. The zero-order valence-electron chi connectivity index (χ0n) is 13.0. The van der Waals surface area contributed by atoms with Gasteiger partial charge in [0.15, 0.2) is 6.10 Å². The zero-order valence-corrected chi connectivity index (χ0v) is 15.4. The number of hydrogen-bond acceptors (Lipinski definition) is 5. The van der Waals surface area contributed by atoms with Crippen LogP contribution in [0.25, 0.3) is 0 Å². The Labute approximate surface area is 143 Å². The predicted octanol–water partition coefficient (Wildman–Crippen LogP) is 1.41. The second-order valence-electron chi connectivity index (χ2n) is 5.37. The van der Waals surface area contributed by atoms with Gasteiger partial charge < -0.3 is 10.1 Å². The standard InChI is InChI=1S/C14H19BrN2O5S/c1-8(2)7-17-13(18)9(3)22-14(19)11-6-10(23(16,20)21)4-5-12(11)15/h4-6,8-9H,7H2,1-3H3,(H,17,18)(H2,16,20,21)/t9-/m0/s1. The Balaban J connectivity index is 2.87. The van der Waals surface area contributed by atoms with Crippen LogP contribution < -0.4 is 10.5 Å². The molecule has 1 amide bonds. The number of benzene rings is 1. The van der Waals surface area contributed by atoms with E-state index in [9.17, 15) is 18.0 Å². The van der Waals surface area contributed by atoms with Gasteiger partial charge in [-0.1, -0.05) is 13.8 Å². The Hall–Kier alpha value is -1.45. The fraction of sp³-hybridized carbons (Fsp3) is 0.429. The van der Waals surface area contributed by atoms with Gasteiger partial charge in [0.1, 0.15) is 0 Å². The topological polar surface area (TPSA) is 116 Å². The summed E-state index contributed by atoms with van der Waals surface area (Å²) in [6.07, 6.45) is -1.01. The van der Waals surface area contributed by atoms with E-state index in [1.54, 1.807) is 0 Å². The maximum Gasteiger partial charge on any atom is 0.340 e. The van der Waals surface area contributed by atoms with Gasteiger partial charge >= 0.3 is 5.97 Å². The molecule has 0 bridgehead atoms. The second-order valence-corrected chi connectivity index (χ2v) is 7.79. The summed E-state index contributed by atoms with van der Waals surface area (Å²) in [4.78, 5) is 23.7. The number of hydrogen-bond donors (Lipinski definition) is 2. The smallest absolute Gasteiger partial charge is 0.340 e. The van der Waals surface area contributed by atoms with Crippen molar-refractivity contribution in [1.29, 1.82) is 0 Å². The van der Waals surface area contributed by atoms with Crippen molar-refractivity contribution in [2.24, 2.45) is 11.1 Å². The van der Waals surface area contributed by atoms with Crippen molar-refractivity contribution in [3.8, 4) is 0 Å². The maximum absolute atomic E-state index is 12.1. The molecule has 1 rings (SSSR count). The van der Waals surface area contributed by atoms with E-state index in [0.29, 0.717) is 11.0 Å². The molecule has 0 heterocycles. The summed E-state index contributed by atoms with van der Waals surface area (Å²) in [5.41, 5.74) is -0.0277. The third-order valence-corrected chi connectivity index (χ3v) is 4.43. The number of carbonyl (C=O) groups excluding carboxylic acids is 2. The molecule has 128 valence electrons. The summed E-state index contributed by atoms with van der Waals surface area (Å²) in [6, 6.07) is 3.73. The minimum Gasteiger partial charge on any atom is -0.449 e. The molecule has 0 fully saturated rings. The van der Waals surface area contributed by atoms with E-state index in [1.807, 2.05) is 13.8 Å². The van der Waals surface area contributed by atoms with Gasteiger partial charge in [0.2, 0.25) is 10.0 Å². The molecule has 23 heavy (non-hydrogen) atoms. The fourth-order valence-electron chi connectivity index (χ4n) is 1.56. The Bertz CT molecular complexity index is 703. The van der Waals surface area contributed by atoms with E-state index in [-0.39, 0.29) is 16.4 Å². The molecule has 0 aromatic heterocycles. The lowest BCUT2D eigenvalue weighted by Gasteiger charge is -2.15. The molecule has 0 aliphatic heterocycles. The number of primary sulfonamides is 1. The van der Waals surface area contributed by atoms with E-state index in [0.717, 1.165) is 6.07 Å². The first-order chi connectivity index (χ1) is 10.5. The molecule has 9 heteroatoms. The molecule has 0 aliphatic carbocycles. The Morgan fingerprint density at radius 1 is 1.30 bits per heavy atom. The summed E-state index contributed by atoms with van der Waals surface area (Å²) in [5, 5.41) is 7.68. The maximum atomic E-state index is 12.1. The van der Waals surface area contributed by atoms with E-state index in [1.165, 1.54) is 19.1 Å². The minimum absolute atomic E-state index is 0.0277. The number of rotatable bonds is 6. The zero-order chi connectivity index (χ0) is 17.8. The van der Waals surface area contributed by atoms with Gasteiger partial charge in [-0.15, -0.1) is 0 Å². The molecule has 7 nitrogen and oxygen atoms in total. The lowest BCUT2D eigenvalue weighted by atomic mass is 10.2. The third kappa shape index (κ3) is 5.92. The second kappa shape index (κ2) is 7.89. The van der Waals surface area contributed by atoms with Gasteiger partial charge in [-0.2, -0.15) is 0 Å². The van der Waals surface area contributed by atoms with Crippen molar-refractivity contribution in [1.82, 2.24) is 5.32 Å². The molecule has 3 N–H and O–H groups in total. The lowest BCUT2D eigenvalue weighted by Crippen LogP contribution is -2.37. The van der Waals surface area contributed by atoms with Crippen LogP contribution >= 0.6 is 15.9 Å². The molecule has 1 aromatic carbocycles. The van der Waals surface area contributed by atoms with E-state index in [2.05, 4.69) is 21.2 Å². The fourth-order valence-corrected chi connectivity index (χ4v) is 2.51. The Kier molecular flexibility index (Phi) is 6.72. The summed E-state index contributed by atoms with van der Waals surface area (Å²) >= 11 is 3.14. The van der Waals surface area contributed by atoms with Crippen molar-refractivity contribution in [3.05, 3.63) is 28.2 Å². The SMILES string of the molecule is CC(C)CNC(=O)[C@H](C)OC(=O)c1cc(S(N)(=O)=O)ccc1Br. The molecular formula is C14H19BrN2O5S. The van der Waals surface area contributed by atoms with Crippen LogP contribution in [0.5, 0.6) is 0 Å². The lowest BCUT2D eigenvalue weighted by molar-refractivity contribution is -0.129. The van der Waals surface area contributed by atoms with Crippen molar-refractivity contribution in [3.63, 3.8) is 0 Å². The summed E-state index contributed by atoms with van der Waals surface area (Å²) in [5.74, 6) is -0.984. The third-order valence-electron chi connectivity index (χ3n) is 2.82. The largest absolute Gasteiger partial charge is 0.449 e. The number of amides is 1. The monoisotopic (exact) mass is 406 g/mol. The molecule has 0 unspecified atom stereocenters. The first kappa shape index (κ1) is 19.6. The minimum atomic E-state index is -3.95. The number of sulfonamides is 1. The van der Waals surface area contributed by atoms with Crippen molar-refractivity contribution >= 4 is 37.8 Å². The number of ether oxygens (including phenoxy) is 1. The van der Waals surface area contributed by atoms with Crippen molar-refractivity contribution in [2.75, 3.05) is 6.54 Å². The van der Waals surface area contributed by atoms with Crippen LogP contribution in [-0.2, 0) is 19.6 Å². The quantitative estimate of drug-likeness (QED) is 0.692. The number of halogens is 1. The van der Waals surface area contributed by atoms with Crippen LogP contribution in [0, 0.1) is 5.92 Å². The molecule has 1 aromatic rings. The number of nitrogens with one attached hydrogen (secondary N) is 1. The Morgan fingerprint density at radius 3 is 2.43 bits per heavy atom. The van der Waals surface area contributed by atoms with Crippen molar-refractivity contribution in [2.45, 2.75) is 31.8 Å². The van der Waals surface area contributed by atoms with Crippen LogP contribution in [0.15, 0.2) is 27.6 Å². The predicted molar refractivity (Wildman–Crippen MR) is 88.2 cm³/mol. The van der Waals surface area contributed by atoms with Gasteiger partial charge in [0.05, 0.1) is 10.5 Å². The average Bonchev–Trinajstić information content (AvgIpc) is 2.43. The van der Waals surface area contributed by atoms with Gasteiger partial charge in [-0.05, 0) is 47.0 Å². The van der Waals surface area contributed by atoms with Crippen LogP contribution in [0.4, 0.5) is 0 Å². The number of nitrogens with two attached hydrogens (primary N) is 1. The number of esters is 1. The molecule has 0 aliphatic rings. The highest BCUT2D eigenvalue weighted by molar-refractivity contribution is 9.10. The summed E-state index contributed by atoms with van der Waals surface area (Å²) in [7, 11) is -3.95. The summed E-state index contributed by atoms with van der Waals surface area (Å²) in [6.45, 7) is 5.77. The molecular weight excluding hydrogens is 388 g/mol. The highest BCUT2D eigenvalue weighted by atomic mass is 79.9. The van der Waals surface area contributed by atoms with Crippen molar-refractivity contribution < 1.29 is 22.7 Å². The van der Waals surface area contributed by atoms with Crippen LogP contribution in [0.2, 0.25) is 0 Å². The normalized spacial score (nSPS) is 12.8. The molecule has 1 atom stereocenters. The van der Waals surface area contributed by atoms with E-state index < -0.39 is 28.0 Å². The van der Waals surface area contributed by atoms with Gasteiger partial charge in [0.25, 0.3) is 5.91 Å². The molecule has 0 saturated heterocycles. The summed E-state index contributed by atoms with van der Waals surface area (Å²) < 4.78 is 28.1.